The lowest BCUT2D eigenvalue weighted by molar-refractivity contribution is -0.136. The highest BCUT2D eigenvalue weighted by molar-refractivity contribution is 9.10. The first-order chi connectivity index (χ1) is 9.16. The first kappa shape index (κ1) is 13.5. The molecule has 2 aromatic rings. The molecule has 0 aliphatic rings. The molecule has 2 rings (SSSR count). The van der Waals surface area contributed by atoms with Gasteiger partial charge in [-0.2, -0.15) is 0 Å². The first-order valence-electron chi connectivity index (χ1n) is 5.74. The topological polar surface area (TPSA) is 49.7 Å². The Kier molecular flexibility index (Phi) is 4.47. The van der Waals surface area contributed by atoms with E-state index in [-0.39, 0.29) is 0 Å². The summed E-state index contributed by atoms with van der Waals surface area (Å²) in [6.45, 7) is 0. The van der Waals surface area contributed by atoms with Gasteiger partial charge in [0.2, 0.25) is 0 Å². The molecule has 0 spiro atoms. The van der Waals surface area contributed by atoms with Crippen LogP contribution < -0.4 is 0 Å². The molecular formula is C15H12BrNO2. The van der Waals surface area contributed by atoms with Crippen LogP contribution >= 0.6 is 15.9 Å². The monoisotopic (exact) mass is 317 g/mol. The fourth-order valence-electron chi connectivity index (χ4n) is 1.64. The third-order valence-corrected chi connectivity index (χ3v) is 3.15. The van der Waals surface area contributed by atoms with Crippen molar-refractivity contribution >= 4 is 33.8 Å². The minimum Gasteiger partial charge on any atom is -0.481 e. The Morgan fingerprint density at radius 2 is 1.74 bits per heavy atom. The summed E-state index contributed by atoms with van der Waals surface area (Å²) in [6.07, 6.45) is 1.46. The molecule has 2 aromatic carbocycles. The molecule has 0 saturated carbocycles. The third-order valence-electron chi connectivity index (χ3n) is 2.62. The Hall–Kier alpha value is -1.94. The van der Waals surface area contributed by atoms with Crippen molar-refractivity contribution in [3.05, 3.63) is 64.6 Å². The molecule has 4 heteroatoms. The highest BCUT2D eigenvalue weighted by Crippen LogP contribution is 2.19. The van der Waals surface area contributed by atoms with Crippen LogP contribution in [0.1, 0.15) is 11.5 Å². The van der Waals surface area contributed by atoms with Crippen LogP contribution in [0, 0.1) is 0 Å². The normalized spacial score (nSPS) is 12.5. The Morgan fingerprint density at radius 3 is 2.32 bits per heavy atom. The number of aliphatic imine (C=N–C) groups is 1. The van der Waals surface area contributed by atoms with E-state index in [9.17, 15) is 9.90 Å². The quantitative estimate of drug-likeness (QED) is 0.866. The van der Waals surface area contributed by atoms with E-state index in [0.29, 0.717) is 0 Å². The Labute approximate surface area is 119 Å². The maximum Gasteiger partial charge on any atom is 0.316 e. The summed E-state index contributed by atoms with van der Waals surface area (Å²) in [4.78, 5) is 15.5. The Morgan fingerprint density at radius 1 is 1.11 bits per heavy atom. The van der Waals surface area contributed by atoms with E-state index >= 15 is 0 Å². The number of hydrogen-bond donors (Lipinski definition) is 1. The summed E-state index contributed by atoms with van der Waals surface area (Å²) in [7, 11) is 0. The van der Waals surface area contributed by atoms with Crippen molar-refractivity contribution in [3.63, 3.8) is 0 Å². The molecule has 1 unspecified atom stereocenters. The summed E-state index contributed by atoms with van der Waals surface area (Å²) < 4.78 is 0.962. The minimum absolute atomic E-state index is 0.718. The van der Waals surface area contributed by atoms with E-state index in [1.165, 1.54) is 6.21 Å². The molecule has 1 N–H and O–H groups in total. The highest BCUT2D eigenvalue weighted by atomic mass is 79.9. The maximum atomic E-state index is 11.3. The van der Waals surface area contributed by atoms with E-state index in [4.69, 9.17) is 0 Å². The molecule has 0 radical (unpaired) electrons. The van der Waals surface area contributed by atoms with Crippen LogP contribution in [0.25, 0.3) is 0 Å². The summed E-state index contributed by atoms with van der Waals surface area (Å²) in [5.41, 5.74) is 1.45. The van der Waals surface area contributed by atoms with Crippen molar-refractivity contribution in [1.29, 1.82) is 0 Å². The highest BCUT2D eigenvalue weighted by Gasteiger charge is 2.16. The second kappa shape index (κ2) is 6.29. The van der Waals surface area contributed by atoms with Crippen molar-refractivity contribution in [1.82, 2.24) is 0 Å². The Balaban J connectivity index is 2.22. The zero-order valence-corrected chi connectivity index (χ0v) is 11.6. The second-order valence-corrected chi connectivity index (χ2v) is 4.90. The molecule has 0 aromatic heterocycles. The van der Waals surface area contributed by atoms with Gasteiger partial charge in [-0.1, -0.05) is 46.3 Å². The molecule has 0 aliphatic carbocycles. The van der Waals surface area contributed by atoms with Crippen molar-refractivity contribution in [2.45, 2.75) is 5.92 Å². The molecular weight excluding hydrogens is 306 g/mol. The minimum atomic E-state index is -0.910. The molecule has 1 atom stereocenters. The molecule has 0 aliphatic heterocycles. The van der Waals surface area contributed by atoms with Crippen LogP contribution in [0.3, 0.4) is 0 Å². The standard InChI is InChI=1S/C15H12BrNO2/c16-12-6-8-13(9-7-12)17-10-14(15(18)19)11-4-2-1-3-5-11/h1-10,14H,(H,18,19). The zero-order valence-electron chi connectivity index (χ0n) is 10.0. The van der Waals surface area contributed by atoms with Gasteiger partial charge >= 0.3 is 5.97 Å². The lowest BCUT2D eigenvalue weighted by Crippen LogP contribution is -2.12. The first-order valence-corrected chi connectivity index (χ1v) is 6.53. The number of benzene rings is 2. The number of hydrogen-bond acceptors (Lipinski definition) is 2. The number of rotatable bonds is 4. The van der Waals surface area contributed by atoms with Crippen LogP contribution in [0.2, 0.25) is 0 Å². The van der Waals surface area contributed by atoms with E-state index in [1.807, 2.05) is 42.5 Å². The third kappa shape index (κ3) is 3.76. The van der Waals surface area contributed by atoms with Crippen LogP contribution in [-0.4, -0.2) is 17.3 Å². The van der Waals surface area contributed by atoms with E-state index in [0.717, 1.165) is 15.7 Å². The summed E-state index contributed by atoms with van der Waals surface area (Å²) in [6, 6.07) is 16.4. The SMILES string of the molecule is O=C(O)C(C=Nc1ccc(Br)cc1)c1ccccc1. The predicted octanol–water partition coefficient (Wildman–Crippen LogP) is 4.02. The maximum absolute atomic E-state index is 11.3. The largest absolute Gasteiger partial charge is 0.481 e. The number of carboxylic acids is 1. The molecule has 0 amide bonds. The summed E-state index contributed by atoms with van der Waals surface area (Å²) in [5, 5.41) is 9.25. The average Bonchev–Trinajstić information content (AvgIpc) is 2.42. The fourth-order valence-corrected chi connectivity index (χ4v) is 1.90. The molecule has 0 bridgehead atoms. The van der Waals surface area contributed by atoms with E-state index in [2.05, 4.69) is 20.9 Å². The van der Waals surface area contributed by atoms with Gasteiger partial charge in [0.15, 0.2) is 0 Å². The fraction of sp³-hybridized carbons (Fsp3) is 0.0667. The van der Waals surface area contributed by atoms with E-state index in [1.54, 1.807) is 12.1 Å². The Bertz CT molecular complexity index is 579. The van der Waals surface area contributed by atoms with Crippen LogP contribution in [0.15, 0.2) is 64.1 Å². The van der Waals surface area contributed by atoms with Crippen molar-refractivity contribution in [2.75, 3.05) is 0 Å². The van der Waals surface area contributed by atoms with Crippen LogP contribution in [-0.2, 0) is 4.79 Å². The number of aliphatic carboxylic acids is 1. The molecule has 3 nitrogen and oxygen atoms in total. The van der Waals surface area contributed by atoms with Gasteiger partial charge in [0.05, 0.1) is 5.69 Å². The van der Waals surface area contributed by atoms with Gasteiger partial charge < -0.3 is 5.11 Å². The van der Waals surface area contributed by atoms with Gasteiger partial charge in [-0.25, -0.2) is 0 Å². The van der Waals surface area contributed by atoms with Gasteiger partial charge in [0.1, 0.15) is 5.92 Å². The molecule has 19 heavy (non-hydrogen) atoms. The predicted molar refractivity (Wildman–Crippen MR) is 79.1 cm³/mol. The number of carboxylic acid groups (broad SMARTS) is 1. The molecule has 0 heterocycles. The van der Waals surface area contributed by atoms with E-state index < -0.39 is 11.9 Å². The molecule has 96 valence electrons. The number of carbonyl (C=O) groups is 1. The molecule has 0 saturated heterocycles. The van der Waals surface area contributed by atoms with Gasteiger partial charge in [0, 0.05) is 10.7 Å². The van der Waals surface area contributed by atoms with Crippen molar-refractivity contribution in [2.24, 2.45) is 4.99 Å². The lowest BCUT2D eigenvalue weighted by atomic mass is 10.0. The summed E-state index contributed by atoms with van der Waals surface area (Å²) in [5.74, 6) is -1.64. The van der Waals surface area contributed by atoms with Crippen LogP contribution in [0.4, 0.5) is 5.69 Å². The average molecular weight is 318 g/mol. The summed E-state index contributed by atoms with van der Waals surface area (Å²) >= 11 is 3.34. The zero-order chi connectivity index (χ0) is 13.7. The second-order valence-electron chi connectivity index (χ2n) is 3.98. The smallest absolute Gasteiger partial charge is 0.316 e. The van der Waals surface area contributed by atoms with Crippen LogP contribution in [0.5, 0.6) is 0 Å². The van der Waals surface area contributed by atoms with Gasteiger partial charge in [0.25, 0.3) is 0 Å². The number of nitrogens with zero attached hydrogens (tertiary/aromatic N) is 1. The van der Waals surface area contributed by atoms with Crippen molar-refractivity contribution in [3.8, 4) is 0 Å². The van der Waals surface area contributed by atoms with Gasteiger partial charge in [-0.3, -0.25) is 9.79 Å². The van der Waals surface area contributed by atoms with Gasteiger partial charge in [-0.15, -0.1) is 0 Å². The number of halogens is 1. The van der Waals surface area contributed by atoms with Crippen molar-refractivity contribution < 1.29 is 9.90 Å². The lowest BCUT2D eigenvalue weighted by Gasteiger charge is -2.06. The van der Waals surface area contributed by atoms with Gasteiger partial charge in [-0.05, 0) is 29.8 Å². The molecule has 0 fully saturated rings.